The number of nitrogens with zero attached hydrogens (tertiary/aromatic N) is 4. The molecule has 0 saturated carbocycles. The quantitative estimate of drug-likeness (QED) is 0.192. The molecule has 0 aliphatic carbocycles. The van der Waals surface area contributed by atoms with Gasteiger partial charge in [0.15, 0.2) is 0 Å². The summed E-state index contributed by atoms with van der Waals surface area (Å²) in [6.45, 7) is 0. The van der Waals surface area contributed by atoms with Crippen molar-refractivity contribution in [2.24, 2.45) is 0 Å². The predicted octanol–water partition coefficient (Wildman–Crippen LogP) is 9.69. The van der Waals surface area contributed by atoms with E-state index in [1.54, 1.807) is 10.6 Å². The Morgan fingerprint density at radius 2 is 0.860 bits per heavy atom. The van der Waals surface area contributed by atoms with Crippen molar-refractivity contribution in [1.29, 1.82) is 0 Å². The summed E-state index contributed by atoms with van der Waals surface area (Å²) in [6, 6.07) is 56.5. The molecule has 0 amide bonds. The van der Waals surface area contributed by atoms with Crippen molar-refractivity contribution in [2.75, 3.05) is 4.90 Å². The molecule has 1 aliphatic rings. The van der Waals surface area contributed by atoms with E-state index in [0.29, 0.717) is 22.3 Å². The summed E-state index contributed by atoms with van der Waals surface area (Å²) < 4.78 is 5.15. The van der Waals surface area contributed by atoms with Crippen LogP contribution in [-0.2, 0) is 0 Å². The van der Waals surface area contributed by atoms with E-state index in [4.69, 9.17) is 0 Å². The summed E-state index contributed by atoms with van der Waals surface area (Å²) in [6.07, 6.45) is 0. The highest BCUT2D eigenvalue weighted by Crippen LogP contribution is 2.45. The predicted molar refractivity (Wildman–Crippen MR) is 203 cm³/mol. The third kappa shape index (κ3) is 4.09. The topological polar surface area (TPSA) is 52.2 Å². The number of rotatable bonds is 4. The van der Waals surface area contributed by atoms with Crippen LogP contribution in [0.4, 0.5) is 17.1 Å². The maximum atomic E-state index is 14.4. The molecule has 50 heavy (non-hydrogen) atoms. The van der Waals surface area contributed by atoms with Gasteiger partial charge in [0.05, 0.1) is 39.0 Å². The van der Waals surface area contributed by atoms with E-state index in [0.717, 1.165) is 39.3 Å². The molecule has 236 valence electrons. The first-order valence-electron chi connectivity index (χ1n) is 16.6. The Hall–Kier alpha value is -6.92. The highest BCUT2D eigenvalue weighted by Gasteiger charge is 2.22. The summed E-state index contributed by atoms with van der Waals surface area (Å²) in [7, 11) is 0. The van der Waals surface area contributed by atoms with E-state index in [-0.39, 0.29) is 5.56 Å². The van der Waals surface area contributed by atoms with Crippen molar-refractivity contribution in [3.63, 3.8) is 0 Å². The molecule has 3 heterocycles. The molecule has 2 aromatic heterocycles. The largest absolute Gasteiger partial charge is 0.340 e. The van der Waals surface area contributed by atoms with Crippen molar-refractivity contribution in [2.45, 2.75) is 0 Å². The SMILES string of the molecule is O=c1c2ccccc2n(-c2ccc(-n3c4ccccc4c4ccccc43)cc2)c(=O)n1-c1ccc(N2c3cccc(c3)-c3ccccc32)cc1. The van der Waals surface area contributed by atoms with Gasteiger partial charge in [0.2, 0.25) is 0 Å². The number of aromatic nitrogens is 3. The second-order valence-electron chi connectivity index (χ2n) is 12.6. The van der Waals surface area contributed by atoms with Crippen molar-refractivity contribution < 1.29 is 0 Å². The summed E-state index contributed by atoms with van der Waals surface area (Å²) in [4.78, 5) is 30.6. The van der Waals surface area contributed by atoms with E-state index in [9.17, 15) is 9.59 Å². The average Bonchev–Trinajstić information content (AvgIpc) is 3.50. The lowest BCUT2D eigenvalue weighted by Gasteiger charge is -2.31. The molecule has 7 aromatic carbocycles. The Bertz CT molecular complexity index is 2860. The zero-order chi connectivity index (χ0) is 33.3. The van der Waals surface area contributed by atoms with Crippen molar-refractivity contribution in [3.05, 3.63) is 191 Å². The summed E-state index contributed by atoms with van der Waals surface area (Å²) in [5.74, 6) is 0. The molecule has 0 radical (unpaired) electrons. The molecule has 2 bridgehead atoms. The van der Waals surface area contributed by atoms with Gasteiger partial charge in [0.25, 0.3) is 5.56 Å². The fourth-order valence-corrected chi connectivity index (χ4v) is 7.59. The van der Waals surface area contributed by atoms with Crippen LogP contribution in [0.5, 0.6) is 0 Å². The fourth-order valence-electron chi connectivity index (χ4n) is 7.59. The highest BCUT2D eigenvalue weighted by molar-refractivity contribution is 6.09. The molecule has 0 spiro atoms. The van der Waals surface area contributed by atoms with Crippen LogP contribution in [0.3, 0.4) is 0 Å². The first kappa shape index (κ1) is 28.1. The first-order valence-corrected chi connectivity index (χ1v) is 16.6. The Morgan fingerprint density at radius 3 is 1.52 bits per heavy atom. The van der Waals surface area contributed by atoms with E-state index in [2.05, 4.69) is 94.4 Å². The summed E-state index contributed by atoms with van der Waals surface area (Å²) in [5.41, 5.74) is 9.58. The maximum Gasteiger partial charge on any atom is 0.340 e. The fraction of sp³-hybridized carbons (Fsp3) is 0. The first-order chi connectivity index (χ1) is 24.7. The minimum atomic E-state index is -0.429. The second-order valence-corrected chi connectivity index (χ2v) is 12.6. The molecule has 1 aliphatic heterocycles. The maximum absolute atomic E-state index is 14.4. The standard InChI is InChI=1S/C44H28N4O2/c49-43-38-15-4-8-19-42(38)47(32-24-22-31(23-25-32)46-40-17-6-2-13-36(40)37-14-3-7-18-41(37)46)44(50)48(43)33-26-20-30(21-27-33)45-34-11-9-10-29(28-34)35-12-1-5-16-39(35)45/h1-28H. The van der Waals surface area contributed by atoms with Gasteiger partial charge in [-0.05, 0) is 96.6 Å². The molecule has 10 rings (SSSR count). The van der Waals surface area contributed by atoms with Gasteiger partial charge in [0, 0.05) is 33.4 Å². The third-order valence-corrected chi connectivity index (χ3v) is 9.83. The van der Waals surface area contributed by atoms with Crippen molar-refractivity contribution in [1.82, 2.24) is 13.7 Å². The minimum absolute atomic E-state index is 0.354. The molecule has 9 aromatic rings. The van der Waals surface area contributed by atoms with Gasteiger partial charge in [-0.25, -0.2) is 9.36 Å². The van der Waals surface area contributed by atoms with Gasteiger partial charge in [0.1, 0.15) is 0 Å². The van der Waals surface area contributed by atoms with Crippen LogP contribution in [0.15, 0.2) is 179 Å². The van der Waals surface area contributed by atoms with E-state index >= 15 is 0 Å². The van der Waals surface area contributed by atoms with E-state index in [1.807, 2.05) is 78.9 Å². The van der Waals surface area contributed by atoms with Gasteiger partial charge in [-0.3, -0.25) is 9.36 Å². The Balaban J connectivity index is 1.10. The second kappa shape index (κ2) is 10.8. The number of hydrogen-bond acceptors (Lipinski definition) is 3. The molecule has 0 fully saturated rings. The van der Waals surface area contributed by atoms with Crippen LogP contribution in [0.25, 0.3) is 60.9 Å². The van der Waals surface area contributed by atoms with Crippen molar-refractivity contribution >= 4 is 49.8 Å². The van der Waals surface area contributed by atoms with Gasteiger partial charge in [-0.1, -0.05) is 78.9 Å². The lowest BCUT2D eigenvalue weighted by molar-refractivity contribution is 0.834. The minimum Gasteiger partial charge on any atom is -0.310 e. The molecule has 6 heteroatoms. The van der Waals surface area contributed by atoms with Gasteiger partial charge in [-0.15, -0.1) is 0 Å². The number of fused-ring (bicyclic) bond motifs is 8. The smallest absolute Gasteiger partial charge is 0.310 e. The van der Waals surface area contributed by atoms with Crippen LogP contribution in [-0.4, -0.2) is 13.7 Å². The molecular weight excluding hydrogens is 617 g/mol. The number of benzene rings is 7. The molecule has 0 saturated heterocycles. The van der Waals surface area contributed by atoms with Crippen LogP contribution in [0.1, 0.15) is 0 Å². The van der Waals surface area contributed by atoms with E-state index in [1.165, 1.54) is 20.9 Å². The van der Waals surface area contributed by atoms with Gasteiger partial charge < -0.3 is 9.47 Å². The monoisotopic (exact) mass is 644 g/mol. The average molecular weight is 645 g/mol. The summed E-state index contributed by atoms with van der Waals surface area (Å²) >= 11 is 0. The zero-order valence-corrected chi connectivity index (χ0v) is 26.8. The molecule has 0 unspecified atom stereocenters. The number of anilines is 3. The van der Waals surface area contributed by atoms with Crippen LogP contribution < -0.4 is 16.1 Å². The molecule has 6 nitrogen and oxygen atoms in total. The third-order valence-electron chi connectivity index (χ3n) is 9.83. The van der Waals surface area contributed by atoms with Crippen molar-refractivity contribution in [3.8, 4) is 28.2 Å². The Kier molecular flexibility index (Phi) is 6.08. The van der Waals surface area contributed by atoms with Gasteiger partial charge in [-0.2, -0.15) is 0 Å². The summed E-state index contributed by atoms with van der Waals surface area (Å²) in [5, 5.41) is 2.83. The Labute approximate surface area is 286 Å². The normalized spacial score (nSPS) is 12.1. The van der Waals surface area contributed by atoms with Crippen LogP contribution in [0.2, 0.25) is 0 Å². The number of para-hydroxylation sites is 4. The zero-order valence-electron chi connectivity index (χ0n) is 26.8. The van der Waals surface area contributed by atoms with E-state index < -0.39 is 5.69 Å². The lowest BCUT2D eigenvalue weighted by atomic mass is 9.97. The lowest BCUT2D eigenvalue weighted by Crippen LogP contribution is -2.38. The number of hydrogen-bond donors (Lipinski definition) is 0. The Morgan fingerprint density at radius 1 is 0.360 bits per heavy atom. The molecule has 0 N–H and O–H groups in total. The van der Waals surface area contributed by atoms with Crippen LogP contribution in [0, 0.1) is 0 Å². The van der Waals surface area contributed by atoms with Crippen LogP contribution >= 0.6 is 0 Å². The molecular formula is C44H28N4O2. The van der Waals surface area contributed by atoms with Gasteiger partial charge >= 0.3 is 5.69 Å². The molecule has 0 atom stereocenters. The highest BCUT2D eigenvalue weighted by atomic mass is 16.2.